The summed E-state index contributed by atoms with van der Waals surface area (Å²) in [5, 5.41) is 0. The molecule has 1 heteroatoms. The van der Waals surface area contributed by atoms with E-state index in [2.05, 4.69) is 41.1 Å². The zero-order valence-electron chi connectivity index (χ0n) is 7.52. The molecular formula is C11H15Br. The van der Waals surface area contributed by atoms with Gasteiger partial charge in [-0.05, 0) is 37.7 Å². The molecule has 0 amide bonds. The summed E-state index contributed by atoms with van der Waals surface area (Å²) in [4.78, 5) is 0. The number of hydrogen-bond donors (Lipinski definition) is 0. The third-order valence-electron chi connectivity index (χ3n) is 2.94. The number of allylic oxidation sites excluding steroid dienone is 4. The average Bonchev–Trinajstić information content (AvgIpc) is 1.89. The monoisotopic (exact) mass is 226 g/mol. The molecule has 2 aliphatic rings. The van der Waals surface area contributed by atoms with Crippen molar-refractivity contribution in [3.8, 4) is 0 Å². The van der Waals surface area contributed by atoms with Gasteiger partial charge in [-0.1, -0.05) is 40.6 Å². The van der Waals surface area contributed by atoms with E-state index in [0.717, 1.165) is 12.3 Å². The Morgan fingerprint density at radius 2 is 2.25 bits per heavy atom. The lowest BCUT2D eigenvalue weighted by Crippen LogP contribution is -2.18. The second-order valence-electron chi connectivity index (χ2n) is 4.15. The van der Waals surface area contributed by atoms with Crippen molar-refractivity contribution in [3.05, 3.63) is 23.8 Å². The van der Waals surface area contributed by atoms with Crippen molar-refractivity contribution in [2.75, 3.05) is 0 Å². The van der Waals surface area contributed by atoms with Crippen LogP contribution in [0, 0.1) is 5.92 Å². The van der Waals surface area contributed by atoms with Gasteiger partial charge in [0.1, 0.15) is 0 Å². The van der Waals surface area contributed by atoms with Crippen molar-refractivity contribution in [2.45, 2.75) is 36.9 Å². The summed E-state index contributed by atoms with van der Waals surface area (Å²) in [5.74, 6) is 0.893. The van der Waals surface area contributed by atoms with Crippen LogP contribution in [0.15, 0.2) is 23.8 Å². The fraction of sp³-hybridized carbons (Fsp3) is 0.636. The van der Waals surface area contributed by atoms with Crippen molar-refractivity contribution in [1.82, 2.24) is 0 Å². The van der Waals surface area contributed by atoms with Gasteiger partial charge in [0, 0.05) is 4.32 Å². The van der Waals surface area contributed by atoms with Crippen LogP contribution >= 0.6 is 15.9 Å². The van der Waals surface area contributed by atoms with E-state index in [4.69, 9.17) is 0 Å². The van der Waals surface area contributed by atoms with Crippen LogP contribution in [-0.4, -0.2) is 4.32 Å². The number of halogens is 1. The summed E-state index contributed by atoms with van der Waals surface area (Å²) >= 11 is 3.68. The highest BCUT2D eigenvalue weighted by Crippen LogP contribution is 2.38. The van der Waals surface area contributed by atoms with Crippen LogP contribution in [0.5, 0.6) is 0 Å². The van der Waals surface area contributed by atoms with E-state index >= 15 is 0 Å². The lowest BCUT2D eigenvalue weighted by atomic mass is 9.77. The Morgan fingerprint density at radius 3 is 2.67 bits per heavy atom. The smallest absolute Gasteiger partial charge is 0.0446 e. The van der Waals surface area contributed by atoms with E-state index in [-0.39, 0.29) is 4.32 Å². The highest BCUT2D eigenvalue weighted by Gasteiger charge is 2.24. The molecule has 0 radical (unpaired) electrons. The number of rotatable bonds is 1. The Balaban J connectivity index is 2.03. The van der Waals surface area contributed by atoms with E-state index in [1.165, 1.54) is 19.3 Å². The minimum atomic E-state index is 0.222. The van der Waals surface area contributed by atoms with Crippen LogP contribution in [0.1, 0.15) is 32.6 Å². The lowest BCUT2D eigenvalue weighted by molar-refractivity contribution is 0.372. The molecule has 0 N–H and O–H groups in total. The molecule has 66 valence electrons. The molecule has 0 saturated heterocycles. The predicted octanol–water partition coefficient (Wildman–Crippen LogP) is 3.83. The van der Waals surface area contributed by atoms with E-state index in [0.29, 0.717) is 0 Å². The molecular weight excluding hydrogens is 212 g/mol. The molecule has 0 bridgehead atoms. The molecule has 0 nitrogen and oxygen atoms in total. The van der Waals surface area contributed by atoms with Gasteiger partial charge in [-0.3, -0.25) is 0 Å². The maximum atomic E-state index is 3.68. The Labute approximate surface area is 82.9 Å². The molecule has 0 aromatic heterocycles. The fourth-order valence-electron chi connectivity index (χ4n) is 1.77. The second-order valence-corrected chi connectivity index (χ2v) is 5.96. The molecule has 1 saturated carbocycles. The summed E-state index contributed by atoms with van der Waals surface area (Å²) in [6.45, 7) is 2.22. The minimum absolute atomic E-state index is 0.222. The third kappa shape index (κ3) is 1.66. The first-order valence-electron chi connectivity index (χ1n) is 4.76. The van der Waals surface area contributed by atoms with Gasteiger partial charge < -0.3 is 0 Å². The van der Waals surface area contributed by atoms with Crippen molar-refractivity contribution in [2.24, 2.45) is 5.92 Å². The van der Waals surface area contributed by atoms with Crippen LogP contribution in [0.2, 0.25) is 0 Å². The molecule has 2 rings (SSSR count). The molecule has 12 heavy (non-hydrogen) atoms. The van der Waals surface area contributed by atoms with Gasteiger partial charge >= 0.3 is 0 Å². The minimum Gasteiger partial charge on any atom is -0.0807 e. The van der Waals surface area contributed by atoms with Gasteiger partial charge in [0.15, 0.2) is 0 Å². The zero-order valence-corrected chi connectivity index (χ0v) is 9.10. The van der Waals surface area contributed by atoms with Gasteiger partial charge in [0.05, 0.1) is 0 Å². The van der Waals surface area contributed by atoms with Crippen LogP contribution in [0.25, 0.3) is 0 Å². The molecule has 0 unspecified atom stereocenters. The van der Waals surface area contributed by atoms with Crippen LogP contribution in [-0.2, 0) is 0 Å². The van der Waals surface area contributed by atoms with Crippen LogP contribution in [0.3, 0.4) is 0 Å². The molecule has 0 aromatic carbocycles. The highest BCUT2D eigenvalue weighted by molar-refractivity contribution is 9.10. The summed E-state index contributed by atoms with van der Waals surface area (Å²) in [6.07, 6.45) is 12.4. The van der Waals surface area contributed by atoms with Gasteiger partial charge in [-0.2, -0.15) is 0 Å². The Morgan fingerprint density at radius 1 is 1.50 bits per heavy atom. The fourth-order valence-corrected chi connectivity index (χ4v) is 2.06. The van der Waals surface area contributed by atoms with Gasteiger partial charge in [0.25, 0.3) is 0 Å². The maximum Gasteiger partial charge on any atom is 0.0446 e. The Bertz CT molecular complexity index is 231. The first kappa shape index (κ1) is 8.55. The SMILES string of the molecule is C[C@]1(Br)C=CC(C2CCC2)=CC1. The summed E-state index contributed by atoms with van der Waals surface area (Å²) < 4.78 is 0.222. The maximum absolute atomic E-state index is 3.68. The zero-order chi connectivity index (χ0) is 8.60. The summed E-state index contributed by atoms with van der Waals surface area (Å²) in [5.41, 5.74) is 1.58. The quantitative estimate of drug-likeness (QED) is 0.597. The molecule has 0 heterocycles. The lowest BCUT2D eigenvalue weighted by Gasteiger charge is -2.30. The van der Waals surface area contributed by atoms with E-state index in [9.17, 15) is 0 Å². The summed E-state index contributed by atoms with van der Waals surface area (Å²) in [7, 11) is 0. The van der Waals surface area contributed by atoms with E-state index in [1.807, 2.05) is 0 Å². The second kappa shape index (κ2) is 3.02. The van der Waals surface area contributed by atoms with Crippen LogP contribution < -0.4 is 0 Å². The number of alkyl halides is 1. The Hall–Kier alpha value is -0.0400. The van der Waals surface area contributed by atoms with E-state index in [1.54, 1.807) is 5.57 Å². The topological polar surface area (TPSA) is 0 Å². The highest BCUT2D eigenvalue weighted by atomic mass is 79.9. The standard InChI is InChI=1S/C11H15Br/c1-11(12)7-5-10(6-8-11)9-3-2-4-9/h5-7,9H,2-4,8H2,1H3/t11-/m0/s1. The van der Waals surface area contributed by atoms with Gasteiger partial charge in [-0.15, -0.1) is 0 Å². The average molecular weight is 227 g/mol. The summed E-state index contributed by atoms with van der Waals surface area (Å²) in [6, 6.07) is 0. The molecule has 0 aliphatic heterocycles. The van der Waals surface area contributed by atoms with Gasteiger partial charge in [-0.25, -0.2) is 0 Å². The predicted molar refractivity (Wildman–Crippen MR) is 56.5 cm³/mol. The van der Waals surface area contributed by atoms with Crippen molar-refractivity contribution in [1.29, 1.82) is 0 Å². The van der Waals surface area contributed by atoms with Crippen molar-refractivity contribution in [3.63, 3.8) is 0 Å². The first-order chi connectivity index (χ1) is 5.67. The largest absolute Gasteiger partial charge is 0.0807 e. The van der Waals surface area contributed by atoms with Gasteiger partial charge in [0.2, 0.25) is 0 Å². The van der Waals surface area contributed by atoms with E-state index < -0.39 is 0 Å². The third-order valence-corrected chi connectivity index (χ3v) is 3.52. The van der Waals surface area contributed by atoms with Crippen molar-refractivity contribution < 1.29 is 0 Å². The molecule has 0 spiro atoms. The normalized spacial score (nSPS) is 36.0. The van der Waals surface area contributed by atoms with Crippen molar-refractivity contribution >= 4 is 15.9 Å². The molecule has 2 aliphatic carbocycles. The molecule has 0 aromatic rings. The first-order valence-corrected chi connectivity index (χ1v) is 5.55. The molecule has 1 fully saturated rings. The Kier molecular flexibility index (Phi) is 2.16. The molecule has 1 atom stereocenters. The van der Waals surface area contributed by atoms with Crippen LogP contribution in [0.4, 0.5) is 0 Å². The number of hydrogen-bond acceptors (Lipinski definition) is 0.